The molecular formula is C19H18FN3O3. The van der Waals surface area contributed by atoms with Crippen molar-refractivity contribution in [2.75, 3.05) is 19.5 Å². The molecule has 1 N–H and O–H groups in total. The van der Waals surface area contributed by atoms with E-state index in [4.69, 9.17) is 9.47 Å². The minimum Gasteiger partial charge on any atom is -0.493 e. The summed E-state index contributed by atoms with van der Waals surface area (Å²) in [4.78, 5) is 12.4. The van der Waals surface area contributed by atoms with Gasteiger partial charge in [-0.3, -0.25) is 9.48 Å². The zero-order valence-electron chi connectivity index (χ0n) is 14.4. The molecule has 0 bridgehead atoms. The third kappa shape index (κ3) is 4.00. The van der Waals surface area contributed by atoms with Gasteiger partial charge >= 0.3 is 0 Å². The van der Waals surface area contributed by atoms with Gasteiger partial charge in [-0.2, -0.15) is 5.10 Å². The molecule has 3 rings (SSSR count). The topological polar surface area (TPSA) is 65.4 Å². The Morgan fingerprint density at radius 1 is 1.15 bits per heavy atom. The van der Waals surface area contributed by atoms with Crippen molar-refractivity contribution in [3.63, 3.8) is 0 Å². The molecule has 0 spiro atoms. The highest BCUT2D eigenvalue weighted by molar-refractivity contribution is 6.04. The number of carbonyl (C=O) groups is 1. The standard InChI is InChI=1S/C19H18FN3O3/c1-25-17-7-6-14(9-18(17)26-2)19(24)22-16-10-21-23(12-16)11-13-4-3-5-15(20)8-13/h3-10,12H,11H2,1-2H3,(H,22,24). The molecule has 2 aromatic carbocycles. The van der Waals surface area contributed by atoms with Gasteiger partial charge in [0, 0.05) is 11.8 Å². The van der Waals surface area contributed by atoms with Gasteiger partial charge in [0.2, 0.25) is 0 Å². The van der Waals surface area contributed by atoms with Gasteiger partial charge in [0.05, 0.1) is 32.6 Å². The third-order valence-electron chi connectivity index (χ3n) is 3.77. The van der Waals surface area contributed by atoms with Gasteiger partial charge in [0.1, 0.15) is 5.82 Å². The molecule has 0 aliphatic rings. The van der Waals surface area contributed by atoms with Crippen LogP contribution in [-0.4, -0.2) is 29.9 Å². The fourth-order valence-electron chi connectivity index (χ4n) is 2.52. The van der Waals surface area contributed by atoms with Crippen LogP contribution in [0.5, 0.6) is 11.5 Å². The number of methoxy groups -OCH3 is 2. The van der Waals surface area contributed by atoms with E-state index >= 15 is 0 Å². The molecule has 0 saturated heterocycles. The highest BCUT2D eigenvalue weighted by atomic mass is 19.1. The Kier molecular flexibility index (Phi) is 5.17. The zero-order chi connectivity index (χ0) is 18.5. The summed E-state index contributed by atoms with van der Waals surface area (Å²) in [6.45, 7) is 0.407. The Morgan fingerprint density at radius 3 is 2.69 bits per heavy atom. The molecule has 0 unspecified atom stereocenters. The molecule has 1 amide bonds. The molecule has 0 saturated carbocycles. The number of benzene rings is 2. The molecule has 0 aliphatic carbocycles. The van der Waals surface area contributed by atoms with Crippen LogP contribution < -0.4 is 14.8 Å². The number of amides is 1. The lowest BCUT2D eigenvalue weighted by molar-refractivity contribution is 0.102. The van der Waals surface area contributed by atoms with Crippen molar-refractivity contribution in [2.24, 2.45) is 0 Å². The van der Waals surface area contributed by atoms with Crippen LogP contribution >= 0.6 is 0 Å². The highest BCUT2D eigenvalue weighted by Crippen LogP contribution is 2.27. The van der Waals surface area contributed by atoms with E-state index < -0.39 is 0 Å². The maximum absolute atomic E-state index is 13.2. The van der Waals surface area contributed by atoms with Crippen LogP contribution in [0.2, 0.25) is 0 Å². The van der Waals surface area contributed by atoms with Crippen molar-refractivity contribution in [1.82, 2.24) is 9.78 Å². The summed E-state index contributed by atoms with van der Waals surface area (Å²) in [5.74, 6) is 0.432. The average Bonchev–Trinajstić information content (AvgIpc) is 3.07. The van der Waals surface area contributed by atoms with Gasteiger partial charge in [-0.05, 0) is 35.9 Å². The maximum atomic E-state index is 13.2. The van der Waals surface area contributed by atoms with E-state index in [0.29, 0.717) is 29.3 Å². The third-order valence-corrected chi connectivity index (χ3v) is 3.77. The van der Waals surface area contributed by atoms with E-state index in [-0.39, 0.29) is 11.7 Å². The number of nitrogens with one attached hydrogen (secondary N) is 1. The summed E-state index contributed by atoms with van der Waals surface area (Å²) in [6.07, 6.45) is 3.22. The van der Waals surface area contributed by atoms with E-state index in [1.165, 1.54) is 32.5 Å². The molecule has 0 radical (unpaired) electrons. The van der Waals surface area contributed by atoms with Crippen LogP contribution in [0, 0.1) is 5.82 Å². The SMILES string of the molecule is COc1ccc(C(=O)Nc2cnn(Cc3cccc(F)c3)c2)cc1OC. The lowest BCUT2D eigenvalue weighted by Crippen LogP contribution is -2.11. The van der Waals surface area contributed by atoms with E-state index in [1.54, 1.807) is 35.1 Å². The van der Waals surface area contributed by atoms with Crippen molar-refractivity contribution in [3.05, 3.63) is 71.8 Å². The van der Waals surface area contributed by atoms with Crippen LogP contribution in [-0.2, 0) is 6.54 Å². The Balaban J connectivity index is 1.69. The zero-order valence-corrected chi connectivity index (χ0v) is 14.4. The van der Waals surface area contributed by atoms with Crippen LogP contribution in [0.25, 0.3) is 0 Å². The Morgan fingerprint density at radius 2 is 1.96 bits per heavy atom. The molecule has 3 aromatic rings. The van der Waals surface area contributed by atoms with Crippen molar-refractivity contribution < 1.29 is 18.7 Å². The summed E-state index contributed by atoms with van der Waals surface area (Å²) in [5, 5.41) is 6.96. The first kappa shape index (κ1) is 17.5. The van der Waals surface area contributed by atoms with E-state index in [0.717, 1.165) is 5.56 Å². The normalized spacial score (nSPS) is 10.4. The van der Waals surface area contributed by atoms with Crippen molar-refractivity contribution in [2.45, 2.75) is 6.54 Å². The quantitative estimate of drug-likeness (QED) is 0.736. The number of hydrogen-bond acceptors (Lipinski definition) is 4. The number of aromatic nitrogens is 2. The number of anilines is 1. The van der Waals surface area contributed by atoms with Gasteiger partial charge in [-0.15, -0.1) is 0 Å². The lowest BCUT2D eigenvalue weighted by atomic mass is 10.2. The second-order valence-corrected chi connectivity index (χ2v) is 5.58. The molecule has 6 nitrogen and oxygen atoms in total. The molecule has 7 heteroatoms. The lowest BCUT2D eigenvalue weighted by Gasteiger charge is -2.09. The van der Waals surface area contributed by atoms with E-state index in [1.807, 2.05) is 6.07 Å². The fraction of sp³-hybridized carbons (Fsp3) is 0.158. The van der Waals surface area contributed by atoms with E-state index in [9.17, 15) is 9.18 Å². The highest BCUT2D eigenvalue weighted by Gasteiger charge is 2.12. The molecule has 0 fully saturated rings. The maximum Gasteiger partial charge on any atom is 0.255 e. The van der Waals surface area contributed by atoms with E-state index in [2.05, 4.69) is 10.4 Å². The summed E-state index contributed by atoms with van der Waals surface area (Å²) < 4.78 is 25.2. The predicted octanol–water partition coefficient (Wildman–Crippen LogP) is 3.34. The van der Waals surface area contributed by atoms with Gasteiger partial charge in [0.15, 0.2) is 11.5 Å². The number of hydrogen-bond donors (Lipinski definition) is 1. The van der Waals surface area contributed by atoms with Crippen LogP contribution in [0.4, 0.5) is 10.1 Å². The molecule has 26 heavy (non-hydrogen) atoms. The molecule has 0 atom stereocenters. The minimum absolute atomic E-state index is 0.295. The Hall–Kier alpha value is -3.35. The molecule has 134 valence electrons. The first-order valence-electron chi connectivity index (χ1n) is 7.89. The molecular weight excluding hydrogens is 337 g/mol. The van der Waals surface area contributed by atoms with Gasteiger partial charge in [-0.25, -0.2) is 4.39 Å². The summed E-state index contributed by atoms with van der Waals surface area (Å²) in [7, 11) is 3.04. The average molecular weight is 355 g/mol. The smallest absolute Gasteiger partial charge is 0.255 e. The molecule has 1 heterocycles. The Bertz CT molecular complexity index is 924. The number of carbonyl (C=O) groups excluding carboxylic acids is 1. The monoisotopic (exact) mass is 355 g/mol. The van der Waals surface area contributed by atoms with Crippen LogP contribution in [0.1, 0.15) is 15.9 Å². The number of ether oxygens (including phenoxy) is 2. The van der Waals surface area contributed by atoms with Crippen molar-refractivity contribution in [3.8, 4) is 11.5 Å². The number of halogens is 1. The van der Waals surface area contributed by atoms with Crippen LogP contribution in [0.15, 0.2) is 54.9 Å². The fourth-order valence-corrected chi connectivity index (χ4v) is 2.52. The first-order chi connectivity index (χ1) is 12.6. The predicted molar refractivity (Wildman–Crippen MR) is 95.2 cm³/mol. The summed E-state index contributed by atoms with van der Waals surface area (Å²) >= 11 is 0. The second-order valence-electron chi connectivity index (χ2n) is 5.58. The first-order valence-corrected chi connectivity index (χ1v) is 7.89. The Labute approximate surface area is 150 Å². The van der Waals surface area contributed by atoms with Crippen molar-refractivity contribution in [1.29, 1.82) is 0 Å². The minimum atomic E-state index is -0.295. The van der Waals surface area contributed by atoms with Gasteiger partial charge < -0.3 is 14.8 Å². The second kappa shape index (κ2) is 7.69. The van der Waals surface area contributed by atoms with Gasteiger partial charge in [-0.1, -0.05) is 12.1 Å². The largest absolute Gasteiger partial charge is 0.493 e. The molecule has 0 aliphatic heterocycles. The summed E-state index contributed by atoms with van der Waals surface area (Å²) in [6, 6.07) is 11.2. The molecule has 1 aromatic heterocycles. The van der Waals surface area contributed by atoms with Crippen LogP contribution in [0.3, 0.4) is 0 Å². The van der Waals surface area contributed by atoms with Crippen molar-refractivity contribution >= 4 is 11.6 Å². The number of rotatable bonds is 6. The summed E-state index contributed by atoms with van der Waals surface area (Å²) in [5.41, 5.74) is 1.76. The van der Waals surface area contributed by atoms with Gasteiger partial charge in [0.25, 0.3) is 5.91 Å². The number of nitrogens with zero attached hydrogens (tertiary/aromatic N) is 2.